The van der Waals surface area contributed by atoms with E-state index >= 15 is 0 Å². The molecule has 0 unspecified atom stereocenters. The van der Waals surface area contributed by atoms with Crippen molar-refractivity contribution in [2.45, 2.75) is 24.7 Å². The van der Waals surface area contributed by atoms with Gasteiger partial charge in [-0.05, 0) is 37.6 Å². The fourth-order valence-corrected chi connectivity index (χ4v) is 4.45. The van der Waals surface area contributed by atoms with Crippen LogP contribution < -0.4 is 5.73 Å². The molecule has 0 aliphatic carbocycles. The Morgan fingerprint density at radius 3 is 2.61 bits per heavy atom. The second-order valence-corrected chi connectivity index (χ2v) is 8.56. The molecule has 2 N–H and O–H groups in total. The number of halogens is 2. The Labute approximate surface area is 195 Å². The van der Waals surface area contributed by atoms with Crippen LogP contribution in [0.1, 0.15) is 24.0 Å². The molecule has 1 atom stereocenters. The van der Waals surface area contributed by atoms with Gasteiger partial charge in [-0.1, -0.05) is 53.0 Å². The molecule has 1 heterocycles. The second kappa shape index (κ2) is 10.1. The fraction of sp³-hybridized carbons (Fsp3) is 0.217. The summed E-state index contributed by atoms with van der Waals surface area (Å²) in [4.78, 5) is 14.0. The number of hydrogen-bond acceptors (Lipinski definition) is 6. The Bertz CT molecular complexity index is 1100. The van der Waals surface area contributed by atoms with Gasteiger partial charge in [0.1, 0.15) is 17.4 Å². The molecular formula is C23H20Cl2N2O3S. The predicted molar refractivity (Wildman–Crippen MR) is 123 cm³/mol. The normalized spacial score (nSPS) is 16.0. The molecule has 1 aliphatic rings. The number of thioether (sulfide) groups is 1. The number of esters is 1. The first-order chi connectivity index (χ1) is 14.9. The van der Waals surface area contributed by atoms with Gasteiger partial charge in [-0.25, -0.2) is 4.79 Å². The first kappa shape index (κ1) is 23.1. The lowest BCUT2D eigenvalue weighted by Gasteiger charge is -2.28. The molecule has 160 valence electrons. The highest BCUT2D eigenvalue weighted by molar-refractivity contribution is 7.99. The molecule has 0 saturated carbocycles. The molecule has 0 bridgehead atoms. The summed E-state index contributed by atoms with van der Waals surface area (Å²) in [5.74, 6) is -0.885. The predicted octanol–water partition coefficient (Wildman–Crippen LogP) is 5.72. The Hall–Kier alpha value is -2.59. The van der Waals surface area contributed by atoms with Crippen LogP contribution in [-0.2, 0) is 14.3 Å². The molecule has 1 aliphatic heterocycles. The molecule has 0 fully saturated rings. The third kappa shape index (κ3) is 5.01. The topological polar surface area (TPSA) is 85.3 Å². The minimum absolute atomic E-state index is 0.0731. The highest BCUT2D eigenvalue weighted by atomic mass is 35.5. The molecule has 5 nitrogen and oxygen atoms in total. The number of rotatable bonds is 6. The molecule has 2 aromatic carbocycles. The van der Waals surface area contributed by atoms with Crippen molar-refractivity contribution < 1.29 is 14.3 Å². The molecule has 0 amide bonds. The van der Waals surface area contributed by atoms with Gasteiger partial charge in [-0.3, -0.25) is 0 Å². The van der Waals surface area contributed by atoms with E-state index in [-0.39, 0.29) is 28.7 Å². The summed E-state index contributed by atoms with van der Waals surface area (Å²) < 4.78 is 11.0. The first-order valence-corrected chi connectivity index (χ1v) is 11.2. The lowest BCUT2D eigenvalue weighted by molar-refractivity contribution is -0.139. The molecule has 0 saturated heterocycles. The van der Waals surface area contributed by atoms with Crippen LogP contribution in [0.25, 0.3) is 0 Å². The maximum Gasteiger partial charge on any atom is 0.338 e. The van der Waals surface area contributed by atoms with Crippen molar-refractivity contribution in [2.75, 3.05) is 12.4 Å². The highest BCUT2D eigenvalue weighted by Gasteiger charge is 2.38. The summed E-state index contributed by atoms with van der Waals surface area (Å²) in [5.41, 5.74) is 7.98. The summed E-state index contributed by atoms with van der Waals surface area (Å²) in [5, 5.41) is 10.3. The highest BCUT2D eigenvalue weighted by Crippen LogP contribution is 2.44. The number of hydrogen-bond donors (Lipinski definition) is 1. The van der Waals surface area contributed by atoms with Gasteiger partial charge in [-0.15, -0.1) is 11.8 Å². The van der Waals surface area contributed by atoms with Crippen molar-refractivity contribution in [2.24, 2.45) is 5.73 Å². The zero-order valence-electron chi connectivity index (χ0n) is 16.9. The van der Waals surface area contributed by atoms with E-state index in [1.165, 1.54) is 11.8 Å². The lowest BCUT2D eigenvalue weighted by atomic mass is 9.83. The van der Waals surface area contributed by atoms with Gasteiger partial charge in [0.05, 0.1) is 33.9 Å². The van der Waals surface area contributed by atoms with Crippen LogP contribution in [0.2, 0.25) is 10.0 Å². The summed E-state index contributed by atoms with van der Waals surface area (Å²) >= 11 is 14.1. The van der Waals surface area contributed by atoms with Crippen LogP contribution in [0.15, 0.2) is 70.1 Å². The molecule has 8 heteroatoms. The van der Waals surface area contributed by atoms with Crippen molar-refractivity contribution >= 4 is 40.9 Å². The number of nitrogens with two attached hydrogens (primary N) is 1. The van der Waals surface area contributed by atoms with Gasteiger partial charge in [-0.2, -0.15) is 5.26 Å². The third-order valence-electron chi connectivity index (χ3n) is 4.68. The zero-order chi connectivity index (χ0) is 22.5. The van der Waals surface area contributed by atoms with E-state index in [0.29, 0.717) is 22.1 Å². The molecule has 0 radical (unpaired) electrons. The van der Waals surface area contributed by atoms with Crippen LogP contribution >= 0.6 is 35.0 Å². The summed E-state index contributed by atoms with van der Waals surface area (Å²) in [6, 6.07) is 15.1. The van der Waals surface area contributed by atoms with Gasteiger partial charge >= 0.3 is 5.97 Å². The number of carbonyl (C=O) groups is 1. The van der Waals surface area contributed by atoms with Gasteiger partial charge in [0.15, 0.2) is 0 Å². The van der Waals surface area contributed by atoms with Gasteiger partial charge in [0.25, 0.3) is 0 Å². The van der Waals surface area contributed by atoms with Crippen LogP contribution in [0.4, 0.5) is 0 Å². The van der Waals surface area contributed by atoms with Crippen LogP contribution in [0.5, 0.6) is 0 Å². The van der Waals surface area contributed by atoms with E-state index in [1.54, 1.807) is 25.1 Å². The summed E-state index contributed by atoms with van der Waals surface area (Å²) in [7, 11) is 0. The van der Waals surface area contributed by atoms with Crippen LogP contribution in [-0.4, -0.2) is 18.3 Å². The van der Waals surface area contributed by atoms with E-state index < -0.39 is 11.9 Å². The number of allylic oxidation sites excluding steroid dienone is 1. The van der Waals surface area contributed by atoms with Gasteiger partial charge in [0, 0.05) is 4.90 Å². The van der Waals surface area contributed by atoms with E-state index in [9.17, 15) is 10.1 Å². The van der Waals surface area contributed by atoms with E-state index in [4.69, 9.17) is 38.4 Å². The van der Waals surface area contributed by atoms with Crippen LogP contribution in [0, 0.1) is 18.3 Å². The Morgan fingerprint density at radius 1 is 1.26 bits per heavy atom. The number of nitriles is 1. The molecule has 3 rings (SSSR count). The lowest BCUT2D eigenvalue weighted by Crippen LogP contribution is -2.27. The van der Waals surface area contributed by atoms with E-state index in [0.717, 1.165) is 10.5 Å². The second-order valence-electron chi connectivity index (χ2n) is 6.73. The molecule has 0 spiro atoms. The Kier molecular flexibility index (Phi) is 7.55. The Morgan fingerprint density at radius 2 is 1.97 bits per heavy atom. The standard InChI is InChI=1S/C23H20Cl2N2O3S/c1-3-29-23(28)20-18(12-31-14-9-7-13(2)8-10-14)30-22(27)16(11-26)19(20)15-5-4-6-17(24)21(15)25/h4-10,19H,3,12,27H2,1-2H3/t19-/m1/s1. The minimum Gasteiger partial charge on any atom is -0.463 e. The maximum absolute atomic E-state index is 13.0. The monoisotopic (exact) mass is 474 g/mol. The van der Waals surface area contributed by atoms with Crippen molar-refractivity contribution in [1.29, 1.82) is 5.26 Å². The van der Waals surface area contributed by atoms with Gasteiger partial charge < -0.3 is 15.2 Å². The number of nitrogens with zero attached hydrogens (tertiary/aromatic N) is 1. The summed E-state index contributed by atoms with van der Waals surface area (Å²) in [6.07, 6.45) is 0. The molecule has 2 aromatic rings. The quantitative estimate of drug-likeness (QED) is 0.425. The number of ether oxygens (including phenoxy) is 2. The number of carbonyl (C=O) groups excluding carboxylic acids is 1. The number of aryl methyl sites for hydroxylation is 1. The Balaban J connectivity index is 2.11. The van der Waals surface area contributed by atoms with E-state index in [2.05, 4.69) is 6.07 Å². The molecule has 0 aromatic heterocycles. The van der Waals surface area contributed by atoms with Crippen LogP contribution in [0.3, 0.4) is 0 Å². The van der Waals surface area contributed by atoms with Crippen molar-refractivity contribution in [3.63, 3.8) is 0 Å². The van der Waals surface area contributed by atoms with Crippen molar-refractivity contribution in [1.82, 2.24) is 0 Å². The molecule has 31 heavy (non-hydrogen) atoms. The maximum atomic E-state index is 13.0. The SMILES string of the molecule is CCOC(=O)C1=C(CSc2ccc(C)cc2)OC(N)=C(C#N)[C@H]1c1cccc(Cl)c1Cl. The van der Waals surface area contributed by atoms with Crippen molar-refractivity contribution in [3.05, 3.63) is 86.4 Å². The smallest absolute Gasteiger partial charge is 0.338 e. The average Bonchev–Trinajstić information content (AvgIpc) is 2.75. The minimum atomic E-state index is -0.849. The zero-order valence-corrected chi connectivity index (χ0v) is 19.3. The largest absolute Gasteiger partial charge is 0.463 e. The van der Waals surface area contributed by atoms with Gasteiger partial charge in [0.2, 0.25) is 5.88 Å². The van der Waals surface area contributed by atoms with E-state index in [1.807, 2.05) is 31.2 Å². The first-order valence-electron chi connectivity index (χ1n) is 9.48. The van der Waals surface area contributed by atoms with Crippen molar-refractivity contribution in [3.8, 4) is 6.07 Å². The number of benzene rings is 2. The third-order valence-corrected chi connectivity index (χ3v) is 6.52. The fourth-order valence-electron chi connectivity index (χ4n) is 3.20. The molecular weight excluding hydrogens is 455 g/mol. The summed E-state index contributed by atoms with van der Waals surface area (Å²) in [6.45, 7) is 3.88. The average molecular weight is 475 g/mol.